The van der Waals surface area contributed by atoms with E-state index in [1.165, 1.54) is 5.56 Å². The molecule has 3 aromatic rings. The molecule has 2 heterocycles. The Balaban J connectivity index is 1.41. The molecule has 0 spiro atoms. The molecule has 1 aliphatic rings. The number of likely N-dealkylation sites (tertiary alicyclic amines) is 1. The van der Waals surface area contributed by atoms with Crippen LogP contribution in [0.1, 0.15) is 24.5 Å². The molecular formula is C23H25N3O2. The number of anilines is 1. The molecule has 1 saturated heterocycles. The Morgan fingerprint density at radius 3 is 2.68 bits per heavy atom. The second kappa shape index (κ2) is 7.50. The van der Waals surface area contributed by atoms with Crippen molar-refractivity contribution in [1.82, 2.24) is 9.47 Å². The van der Waals surface area contributed by atoms with Crippen molar-refractivity contribution in [2.75, 3.05) is 11.9 Å². The molecule has 1 unspecified atom stereocenters. The van der Waals surface area contributed by atoms with Crippen LogP contribution in [0.5, 0.6) is 0 Å². The molecule has 1 atom stereocenters. The van der Waals surface area contributed by atoms with Crippen LogP contribution in [-0.4, -0.2) is 27.8 Å². The van der Waals surface area contributed by atoms with Crippen LogP contribution in [0.2, 0.25) is 0 Å². The minimum atomic E-state index is -0.311. The molecule has 28 heavy (non-hydrogen) atoms. The third-order valence-electron chi connectivity index (χ3n) is 5.46. The molecular weight excluding hydrogens is 350 g/mol. The molecule has 1 aliphatic heterocycles. The fraction of sp³-hybridized carbons (Fsp3) is 0.304. The van der Waals surface area contributed by atoms with E-state index in [1.807, 2.05) is 49.4 Å². The molecule has 4 rings (SSSR count). The highest BCUT2D eigenvalue weighted by molar-refractivity contribution is 5.98. The van der Waals surface area contributed by atoms with Crippen LogP contribution in [0.4, 0.5) is 5.69 Å². The summed E-state index contributed by atoms with van der Waals surface area (Å²) < 4.78 is 2.17. The summed E-state index contributed by atoms with van der Waals surface area (Å²) in [7, 11) is 0. The van der Waals surface area contributed by atoms with Crippen molar-refractivity contribution in [2.45, 2.75) is 33.4 Å². The Morgan fingerprint density at radius 2 is 1.93 bits per heavy atom. The quantitative estimate of drug-likeness (QED) is 0.734. The van der Waals surface area contributed by atoms with E-state index in [4.69, 9.17) is 0 Å². The zero-order valence-electron chi connectivity index (χ0n) is 16.3. The Bertz CT molecular complexity index is 1020. The lowest BCUT2D eigenvalue weighted by Crippen LogP contribution is -2.28. The first-order valence-corrected chi connectivity index (χ1v) is 9.76. The van der Waals surface area contributed by atoms with E-state index in [9.17, 15) is 9.59 Å². The highest BCUT2D eigenvalue weighted by atomic mass is 16.2. The smallest absolute Gasteiger partial charge is 0.229 e. The number of carbonyl (C=O) groups is 2. The van der Waals surface area contributed by atoms with Gasteiger partial charge >= 0.3 is 0 Å². The fourth-order valence-electron chi connectivity index (χ4n) is 3.81. The Kier molecular flexibility index (Phi) is 4.90. The largest absolute Gasteiger partial charge is 0.348 e. The lowest BCUT2D eigenvalue weighted by atomic mass is 10.1. The number of benzene rings is 2. The van der Waals surface area contributed by atoms with Gasteiger partial charge in [-0.2, -0.15) is 0 Å². The summed E-state index contributed by atoms with van der Waals surface area (Å²) >= 11 is 0. The average Bonchev–Trinajstić information content (AvgIpc) is 3.26. The van der Waals surface area contributed by atoms with Crippen molar-refractivity contribution in [2.24, 2.45) is 5.92 Å². The highest BCUT2D eigenvalue weighted by Gasteiger charge is 2.34. The zero-order valence-corrected chi connectivity index (χ0v) is 16.3. The number of carbonyl (C=O) groups excluding carboxylic acids is 2. The second-order valence-corrected chi connectivity index (χ2v) is 7.53. The molecule has 2 amide bonds. The van der Waals surface area contributed by atoms with E-state index in [0.717, 1.165) is 28.7 Å². The minimum absolute atomic E-state index is 0.0381. The predicted molar refractivity (Wildman–Crippen MR) is 111 cm³/mol. The lowest BCUT2D eigenvalue weighted by Gasteiger charge is -2.17. The monoisotopic (exact) mass is 375 g/mol. The van der Waals surface area contributed by atoms with Gasteiger partial charge in [-0.05, 0) is 43.7 Å². The first-order chi connectivity index (χ1) is 13.5. The molecule has 0 aliphatic carbocycles. The minimum Gasteiger partial charge on any atom is -0.348 e. The first-order valence-electron chi connectivity index (χ1n) is 9.76. The molecule has 1 aromatic heterocycles. The van der Waals surface area contributed by atoms with Gasteiger partial charge in [0.05, 0.1) is 5.92 Å². The summed E-state index contributed by atoms with van der Waals surface area (Å²) in [5.74, 6) is -0.362. The average molecular weight is 375 g/mol. The summed E-state index contributed by atoms with van der Waals surface area (Å²) in [6.45, 7) is 6.08. The number of amides is 2. The van der Waals surface area contributed by atoms with Gasteiger partial charge in [0.1, 0.15) is 0 Å². The van der Waals surface area contributed by atoms with Gasteiger partial charge in [0.25, 0.3) is 0 Å². The van der Waals surface area contributed by atoms with Crippen molar-refractivity contribution in [3.8, 4) is 0 Å². The summed E-state index contributed by atoms with van der Waals surface area (Å²) in [5, 5.41) is 4.09. The van der Waals surface area contributed by atoms with Crippen molar-refractivity contribution >= 4 is 28.4 Å². The van der Waals surface area contributed by atoms with Gasteiger partial charge in [-0.15, -0.1) is 0 Å². The summed E-state index contributed by atoms with van der Waals surface area (Å²) in [5.41, 5.74) is 4.21. The van der Waals surface area contributed by atoms with Crippen LogP contribution in [0, 0.1) is 12.8 Å². The summed E-state index contributed by atoms with van der Waals surface area (Å²) in [6, 6.07) is 16.1. The van der Waals surface area contributed by atoms with E-state index in [0.29, 0.717) is 13.1 Å². The van der Waals surface area contributed by atoms with Crippen molar-refractivity contribution in [3.63, 3.8) is 0 Å². The molecule has 144 valence electrons. The number of rotatable bonds is 5. The van der Waals surface area contributed by atoms with Gasteiger partial charge in [0.2, 0.25) is 11.8 Å². The van der Waals surface area contributed by atoms with Gasteiger partial charge in [0.15, 0.2) is 0 Å². The van der Waals surface area contributed by atoms with Crippen LogP contribution in [0.3, 0.4) is 0 Å². The molecule has 5 nitrogen and oxygen atoms in total. The molecule has 0 saturated carbocycles. The molecule has 5 heteroatoms. The van der Waals surface area contributed by atoms with Gasteiger partial charge < -0.3 is 14.8 Å². The third-order valence-corrected chi connectivity index (χ3v) is 5.46. The van der Waals surface area contributed by atoms with E-state index in [2.05, 4.69) is 29.1 Å². The molecule has 0 bridgehead atoms. The standard InChI is InChI=1S/C23H25N3O2/c1-3-25-11-10-18-12-20(8-9-21(18)25)24-23(28)19-13-22(27)26(15-19)14-17-6-4-16(2)5-7-17/h4-12,19H,3,13-15H2,1-2H3,(H,24,28). The Morgan fingerprint density at radius 1 is 1.14 bits per heavy atom. The van der Waals surface area contributed by atoms with Crippen LogP contribution in [-0.2, 0) is 22.7 Å². The van der Waals surface area contributed by atoms with Gasteiger partial charge in [0, 0.05) is 48.8 Å². The van der Waals surface area contributed by atoms with Crippen LogP contribution < -0.4 is 5.32 Å². The van der Waals surface area contributed by atoms with Crippen LogP contribution >= 0.6 is 0 Å². The first kappa shape index (κ1) is 18.3. The van der Waals surface area contributed by atoms with Gasteiger partial charge in [-0.3, -0.25) is 9.59 Å². The van der Waals surface area contributed by atoms with E-state index in [-0.39, 0.29) is 24.2 Å². The van der Waals surface area contributed by atoms with Crippen molar-refractivity contribution in [1.29, 1.82) is 0 Å². The van der Waals surface area contributed by atoms with Crippen LogP contribution in [0.15, 0.2) is 54.7 Å². The maximum Gasteiger partial charge on any atom is 0.229 e. The van der Waals surface area contributed by atoms with E-state index >= 15 is 0 Å². The number of fused-ring (bicyclic) bond motifs is 1. The van der Waals surface area contributed by atoms with Gasteiger partial charge in [-0.1, -0.05) is 29.8 Å². The maximum absolute atomic E-state index is 12.7. The fourth-order valence-corrected chi connectivity index (χ4v) is 3.81. The number of hydrogen-bond acceptors (Lipinski definition) is 2. The number of aryl methyl sites for hydroxylation is 2. The Hall–Kier alpha value is -3.08. The van der Waals surface area contributed by atoms with Crippen molar-refractivity contribution < 1.29 is 9.59 Å². The lowest BCUT2D eigenvalue weighted by molar-refractivity contribution is -0.128. The Labute approximate surface area is 165 Å². The van der Waals surface area contributed by atoms with E-state index < -0.39 is 0 Å². The highest BCUT2D eigenvalue weighted by Crippen LogP contribution is 2.24. The number of nitrogens with one attached hydrogen (secondary N) is 1. The number of aromatic nitrogens is 1. The van der Waals surface area contributed by atoms with Crippen LogP contribution in [0.25, 0.3) is 10.9 Å². The van der Waals surface area contributed by atoms with Gasteiger partial charge in [-0.25, -0.2) is 0 Å². The maximum atomic E-state index is 12.7. The number of nitrogens with zero attached hydrogens (tertiary/aromatic N) is 2. The van der Waals surface area contributed by atoms with E-state index in [1.54, 1.807) is 4.90 Å². The number of hydrogen-bond donors (Lipinski definition) is 1. The zero-order chi connectivity index (χ0) is 19.7. The molecule has 1 N–H and O–H groups in total. The topological polar surface area (TPSA) is 54.3 Å². The SMILES string of the molecule is CCn1ccc2cc(NC(=O)C3CC(=O)N(Cc4ccc(C)cc4)C3)ccc21. The second-order valence-electron chi connectivity index (χ2n) is 7.53. The normalized spacial score (nSPS) is 16.7. The predicted octanol–water partition coefficient (Wildman–Crippen LogP) is 3.96. The third kappa shape index (κ3) is 3.65. The molecule has 2 aromatic carbocycles. The summed E-state index contributed by atoms with van der Waals surface area (Å²) in [4.78, 5) is 26.8. The summed E-state index contributed by atoms with van der Waals surface area (Å²) in [6.07, 6.45) is 2.32. The molecule has 1 fully saturated rings. The van der Waals surface area contributed by atoms with Crippen molar-refractivity contribution in [3.05, 3.63) is 65.9 Å². The molecule has 0 radical (unpaired) electrons.